The van der Waals surface area contributed by atoms with E-state index in [4.69, 9.17) is 5.11 Å². The smallest absolute Gasteiger partial charge is 0.214 e. The van der Waals surface area contributed by atoms with E-state index in [1.165, 1.54) is 4.31 Å². The number of nitrogens with zero attached hydrogens (tertiary/aromatic N) is 1. The largest absolute Gasteiger partial charge is 0.384 e. The molecule has 0 bridgehead atoms. The molecule has 1 saturated heterocycles. The molecule has 4 nitrogen and oxygen atoms in total. The van der Waals surface area contributed by atoms with E-state index in [0.29, 0.717) is 13.1 Å². The highest BCUT2D eigenvalue weighted by Crippen LogP contribution is 2.18. The average molecular weight is 279 g/mol. The van der Waals surface area contributed by atoms with E-state index < -0.39 is 10.0 Å². The maximum Gasteiger partial charge on any atom is 0.214 e. The molecule has 0 atom stereocenters. The number of aliphatic hydroxyl groups is 1. The first kappa shape index (κ1) is 14.1. The van der Waals surface area contributed by atoms with Gasteiger partial charge in [0.25, 0.3) is 0 Å². The summed E-state index contributed by atoms with van der Waals surface area (Å²) in [4.78, 5) is 0. The highest BCUT2D eigenvalue weighted by atomic mass is 32.2. The normalized spacial score (nSPS) is 18.6. The Balaban J connectivity index is 2.23. The van der Waals surface area contributed by atoms with Gasteiger partial charge in [0.2, 0.25) is 10.0 Å². The predicted octanol–water partition coefficient (Wildman–Crippen LogP) is 0.956. The van der Waals surface area contributed by atoms with Crippen molar-refractivity contribution in [1.29, 1.82) is 0 Å². The molecule has 1 aliphatic rings. The Hall–Kier alpha value is -1.35. The topological polar surface area (TPSA) is 57.6 Å². The molecule has 0 saturated carbocycles. The average Bonchev–Trinajstić information content (AvgIpc) is 2.40. The Kier molecular flexibility index (Phi) is 4.59. The van der Waals surface area contributed by atoms with E-state index in [0.717, 1.165) is 24.0 Å². The summed E-state index contributed by atoms with van der Waals surface area (Å²) in [6.07, 6.45) is 1.65. The van der Waals surface area contributed by atoms with Crippen molar-refractivity contribution >= 4 is 10.0 Å². The Morgan fingerprint density at radius 3 is 2.79 bits per heavy atom. The predicted molar refractivity (Wildman–Crippen MR) is 73.8 cm³/mol. The number of benzene rings is 1. The third-order valence-electron chi connectivity index (χ3n) is 3.12. The SMILES string of the molecule is O=S1(=O)CCCCN1Cc1ccccc1C#CCO. The Morgan fingerprint density at radius 1 is 1.26 bits per heavy atom. The second-order valence-corrected chi connectivity index (χ2v) is 6.56. The molecule has 2 rings (SSSR count). The zero-order valence-corrected chi connectivity index (χ0v) is 11.5. The molecule has 1 aliphatic heterocycles. The molecule has 0 radical (unpaired) electrons. The molecule has 0 aromatic heterocycles. The molecule has 0 spiro atoms. The van der Waals surface area contributed by atoms with Gasteiger partial charge in [-0.25, -0.2) is 8.42 Å². The first-order chi connectivity index (χ1) is 9.13. The molecule has 1 aromatic rings. The van der Waals surface area contributed by atoms with Gasteiger partial charge in [-0.2, -0.15) is 4.31 Å². The van der Waals surface area contributed by atoms with Crippen molar-refractivity contribution in [2.75, 3.05) is 18.9 Å². The molecule has 1 aromatic carbocycles. The van der Waals surface area contributed by atoms with Crippen LogP contribution in [0.5, 0.6) is 0 Å². The van der Waals surface area contributed by atoms with Crippen molar-refractivity contribution in [2.45, 2.75) is 19.4 Å². The summed E-state index contributed by atoms with van der Waals surface area (Å²) in [5.74, 6) is 5.69. The molecule has 0 aliphatic carbocycles. The molecule has 5 heteroatoms. The number of sulfonamides is 1. The zero-order chi connectivity index (χ0) is 13.7. The minimum Gasteiger partial charge on any atom is -0.384 e. The van der Waals surface area contributed by atoms with Crippen LogP contribution in [0, 0.1) is 11.8 Å². The summed E-state index contributed by atoms with van der Waals surface area (Å²) < 4.78 is 25.4. The van der Waals surface area contributed by atoms with Crippen molar-refractivity contribution in [3.8, 4) is 11.8 Å². The molecule has 0 unspecified atom stereocenters. The van der Waals surface area contributed by atoms with Gasteiger partial charge in [0, 0.05) is 18.7 Å². The Bertz CT molecular complexity index is 599. The van der Waals surface area contributed by atoms with Crippen molar-refractivity contribution in [3.63, 3.8) is 0 Å². The summed E-state index contributed by atoms with van der Waals surface area (Å²) in [6, 6.07) is 7.45. The van der Waals surface area contributed by atoms with Gasteiger partial charge in [0.1, 0.15) is 6.61 Å². The third-order valence-corrected chi connectivity index (χ3v) is 5.02. The van der Waals surface area contributed by atoms with Crippen molar-refractivity contribution in [3.05, 3.63) is 35.4 Å². The second-order valence-electron chi connectivity index (χ2n) is 4.47. The van der Waals surface area contributed by atoms with Gasteiger partial charge >= 0.3 is 0 Å². The van der Waals surface area contributed by atoms with Crippen LogP contribution in [0.1, 0.15) is 24.0 Å². The van der Waals surface area contributed by atoms with Gasteiger partial charge in [-0.15, -0.1) is 0 Å². The maximum atomic E-state index is 12.0. The molecule has 1 N–H and O–H groups in total. The van der Waals surface area contributed by atoms with Gasteiger partial charge in [-0.05, 0) is 24.5 Å². The van der Waals surface area contributed by atoms with E-state index in [-0.39, 0.29) is 12.4 Å². The van der Waals surface area contributed by atoms with Crippen molar-refractivity contribution in [2.24, 2.45) is 0 Å². The number of hydrogen-bond acceptors (Lipinski definition) is 3. The quantitative estimate of drug-likeness (QED) is 0.820. The summed E-state index contributed by atoms with van der Waals surface area (Å²) >= 11 is 0. The molecule has 102 valence electrons. The van der Waals surface area contributed by atoms with Gasteiger partial charge in [0.15, 0.2) is 0 Å². The minimum atomic E-state index is -3.12. The Labute approximate surface area is 114 Å². The Morgan fingerprint density at radius 2 is 2.05 bits per heavy atom. The first-order valence-corrected chi connectivity index (χ1v) is 7.90. The van der Waals surface area contributed by atoms with Gasteiger partial charge in [0.05, 0.1) is 5.75 Å². The molecular weight excluding hydrogens is 262 g/mol. The summed E-state index contributed by atoms with van der Waals surface area (Å²) in [5.41, 5.74) is 1.66. The number of hydrogen-bond donors (Lipinski definition) is 1. The van der Waals surface area contributed by atoms with E-state index in [2.05, 4.69) is 11.8 Å². The highest BCUT2D eigenvalue weighted by molar-refractivity contribution is 7.89. The van der Waals surface area contributed by atoms with E-state index in [1.807, 2.05) is 24.3 Å². The molecular formula is C14H17NO3S. The van der Waals surface area contributed by atoms with Crippen LogP contribution in [0.2, 0.25) is 0 Å². The summed E-state index contributed by atoms with van der Waals surface area (Å²) in [5, 5.41) is 8.74. The van der Waals surface area contributed by atoms with Crippen LogP contribution in [-0.4, -0.2) is 36.7 Å². The van der Waals surface area contributed by atoms with Gasteiger partial charge < -0.3 is 5.11 Å². The maximum absolute atomic E-state index is 12.0. The lowest BCUT2D eigenvalue weighted by atomic mass is 10.1. The number of rotatable bonds is 2. The van der Waals surface area contributed by atoms with Crippen LogP contribution in [-0.2, 0) is 16.6 Å². The first-order valence-electron chi connectivity index (χ1n) is 6.29. The molecule has 0 amide bonds. The lowest BCUT2D eigenvalue weighted by molar-refractivity contribution is 0.350. The molecule has 1 heterocycles. The lowest BCUT2D eigenvalue weighted by Crippen LogP contribution is -2.37. The fourth-order valence-electron chi connectivity index (χ4n) is 2.12. The summed E-state index contributed by atoms with van der Waals surface area (Å²) in [6.45, 7) is 0.735. The number of aliphatic hydroxyl groups excluding tert-OH is 1. The van der Waals surface area contributed by atoms with Gasteiger partial charge in [-0.3, -0.25) is 0 Å². The lowest BCUT2D eigenvalue weighted by Gasteiger charge is -2.26. The van der Waals surface area contributed by atoms with Gasteiger partial charge in [-0.1, -0.05) is 30.0 Å². The van der Waals surface area contributed by atoms with E-state index >= 15 is 0 Å². The van der Waals surface area contributed by atoms with Crippen LogP contribution in [0.15, 0.2) is 24.3 Å². The molecule has 19 heavy (non-hydrogen) atoms. The molecule has 1 fully saturated rings. The second kappa shape index (κ2) is 6.20. The van der Waals surface area contributed by atoms with E-state index in [9.17, 15) is 8.42 Å². The van der Waals surface area contributed by atoms with Crippen LogP contribution in [0.4, 0.5) is 0 Å². The van der Waals surface area contributed by atoms with Crippen molar-refractivity contribution in [1.82, 2.24) is 4.31 Å². The summed E-state index contributed by atoms with van der Waals surface area (Å²) in [7, 11) is -3.12. The van der Waals surface area contributed by atoms with Crippen LogP contribution in [0.25, 0.3) is 0 Å². The van der Waals surface area contributed by atoms with Crippen LogP contribution < -0.4 is 0 Å². The minimum absolute atomic E-state index is 0.198. The van der Waals surface area contributed by atoms with Crippen LogP contribution in [0.3, 0.4) is 0 Å². The third kappa shape index (κ3) is 3.57. The van der Waals surface area contributed by atoms with Crippen molar-refractivity contribution < 1.29 is 13.5 Å². The fourth-order valence-corrected chi connectivity index (χ4v) is 3.69. The monoisotopic (exact) mass is 279 g/mol. The van der Waals surface area contributed by atoms with E-state index in [1.54, 1.807) is 0 Å². The van der Waals surface area contributed by atoms with Crippen LogP contribution >= 0.6 is 0 Å². The highest BCUT2D eigenvalue weighted by Gasteiger charge is 2.25. The standard InChI is InChI=1S/C14H17NO3S/c16-10-5-8-13-6-1-2-7-14(13)12-15-9-3-4-11-19(15,17)18/h1-2,6-7,16H,3-4,9-12H2. The zero-order valence-electron chi connectivity index (χ0n) is 10.7. The fraction of sp³-hybridized carbons (Fsp3) is 0.429.